The topological polar surface area (TPSA) is 105 Å². The van der Waals surface area contributed by atoms with Gasteiger partial charge in [-0.2, -0.15) is 0 Å². The van der Waals surface area contributed by atoms with Gasteiger partial charge in [-0.3, -0.25) is 13.9 Å². The number of amides is 2. The van der Waals surface area contributed by atoms with E-state index < -0.39 is 34.3 Å². The molecule has 0 unspecified atom stereocenters. The van der Waals surface area contributed by atoms with Crippen LogP contribution < -0.4 is 19.1 Å². The molecule has 42 heavy (non-hydrogen) atoms. The predicted octanol–water partition coefficient (Wildman–Crippen LogP) is 4.76. The summed E-state index contributed by atoms with van der Waals surface area (Å²) in [6.45, 7) is 3.68. The standard InChI is InChI=1S/C31H38FN3O6S/c1-5-7-19-33-31(37)29(6-2)34(21-23-9-8-10-27(20-23)41-4)30(36)22-35(25-13-11-24(32)12-14-25)42(38,39)28-17-15-26(40-3)16-18-28/h8-18,20,29H,5-7,19,21-22H2,1-4H3,(H,33,37)/t29-/m1/s1. The number of sulfonamides is 1. The molecule has 0 saturated heterocycles. The highest BCUT2D eigenvalue weighted by Crippen LogP contribution is 2.26. The number of halogens is 1. The van der Waals surface area contributed by atoms with Gasteiger partial charge in [-0.25, -0.2) is 12.8 Å². The van der Waals surface area contributed by atoms with Gasteiger partial charge in [0.2, 0.25) is 11.8 Å². The number of nitrogens with zero attached hydrogens (tertiary/aromatic N) is 2. The first-order valence-electron chi connectivity index (χ1n) is 13.8. The molecule has 3 aromatic rings. The van der Waals surface area contributed by atoms with E-state index in [1.54, 1.807) is 31.2 Å². The molecule has 0 saturated carbocycles. The van der Waals surface area contributed by atoms with E-state index in [1.165, 1.54) is 55.5 Å². The fraction of sp³-hybridized carbons (Fsp3) is 0.355. The molecule has 3 aromatic carbocycles. The van der Waals surface area contributed by atoms with E-state index in [0.29, 0.717) is 30.0 Å². The van der Waals surface area contributed by atoms with Crippen molar-refractivity contribution in [3.8, 4) is 11.5 Å². The maximum absolute atomic E-state index is 14.1. The Bertz CT molecular complexity index is 1430. The van der Waals surface area contributed by atoms with Crippen molar-refractivity contribution in [2.45, 2.75) is 50.6 Å². The first-order chi connectivity index (χ1) is 20.1. The third-order valence-corrected chi connectivity index (χ3v) is 8.53. The van der Waals surface area contributed by atoms with Crippen LogP contribution in [0.5, 0.6) is 11.5 Å². The van der Waals surface area contributed by atoms with Crippen LogP contribution in [0, 0.1) is 5.82 Å². The Balaban J connectivity index is 2.04. The van der Waals surface area contributed by atoms with E-state index in [1.807, 2.05) is 6.92 Å². The average molecular weight is 600 g/mol. The number of benzene rings is 3. The van der Waals surface area contributed by atoms with Crippen LogP contribution in [-0.2, 0) is 26.2 Å². The third-order valence-electron chi connectivity index (χ3n) is 6.74. The molecule has 0 bridgehead atoms. The molecule has 0 spiro atoms. The normalized spacial score (nSPS) is 11.8. The zero-order chi connectivity index (χ0) is 30.7. The smallest absolute Gasteiger partial charge is 0.264 e. The average Bonchev–Trinajstić information content (AvgIpc) is 3.00. The Kier molecular flexibility index (Phi) is 11.7. The minimum atomic E-state index is -4.29. The first kappa shape index (κ1) is 32.4. The number of unbranched alkanes of at least 4 members (excludes halogenated alkanes) is 1. The fourth-order valence-corrected chi connectivity index (χ4v) is 5.82. The Morgan fingerprint density at radius 2 is 1.60 bits per heavy atom. The summed E-state index contributed by atoms with van der Waals surface area (Å²) in [6.07, 6.45) is 1.97. The Labute approximate surface area is 247 Å². The highest BCUT2D eigenvalue weighted by molar-refractivity contribution is 7.92. The van der Waals surface area contributed by atoms with Crippen molar-refractivity contribution >= 4 is 27.5 Å². The molecule has 226 valence electrons. The van der Waals surface area contributed by atoms with Crippen molar-refractivity contribution in [1.82, 2.24) is 10.2 Å². The van der Waals surface area contributed by atoms with E-state index in [2.05, 4.69) is 5.32 Å². The number of carbonyl (C=O) groups excluding carboxylic acids is 2. The predicted molar refractivity (Wildman–Crippen MR) is 159 cm³/mol. The number of rotatable bonds is 15. The molecular formula is C31H38FN3O6S. The summed E-state index contributed by atoms with van der Waals surface area (Å²) in [4.78, 5) is 28.7. The van der Waals surface area contributed by atoms with Crippen molar-refractivity contribution in [3.05, 3.63) is 84.2 Å². The summed E-state index contributed by atoms with van der Waals surface area (Å²) >= 11 is 0. The van der Waals surface area contributed by atoms with Crippen molar-refractivity contribution in [1.29, 1.82) is 0 Å². The molecule has 0 radical (unpaired) electrons. The summed E-state index contributed by atoms with van der Waals surface area (Å²) in [6, 6.07) is 16.8. The number of hydrogen-bond donors (Lipinski definition) is 1. The van der Waals surface area contributed by atoms with Crippen LogP contribution >= 0.6 is 0 Å². The van der Waals surface area contributed by atoms with Gasteiger partial charge < -0.3 is 19.7 Å². The van der Waals surface area contributed by atoms with Crippen LogP contribution in [0.4, 0.5) is 10.1 Å². The van der Waals surface area contributed by atoms with Crippen LogP contribution in [-0.4, -0.2) is 58.5 Å². The maximum Gasteiger partial charge on any atom is 0.264 e. The lowest BCUT2D eigenvalue weighted by atomic mass is 10.1. The second kappa shape index (κ2) is 15.2. The van der Waals surface area contributed by atoms with E-state index in [-0.39, 0.29) is 23.0 Å². The molecule has 9 nitrogen and oxygen atoms in total. The van der Waals surface area contributed by atoms with Gasteiger partial charge >= 0.3 is 0 Å². The zero-order valence-electron chi connectivity index (χ0n) is 24.4. The molecule has 0 heterocycles. The number of anilines is 1. The van der Waals surface area contributed by atoms with E-state index >= 15 is 0 Å². The molecule has 1 N–H and O–H groups in total. The van der Waals surface area contributed by atoms with E-state index in [4.69, 9.17) is 9.47 Å². The van der Waals surface area contributed by atoms with Crippen molar-refractivity contribution in [3.63, 3.8) is 0 Å². The number of methoxy groups -OCH3 is 2. The number of carbonyl (C=O) groups is 2. The van der Waals surface area contributed by atoms with Crippen LogP contribution in [0.25, 0.3) is 0 Å². The molecule has 0 aromatic heterocycles. The highest BCUT2D eigenvalue weighted by atomic mass is 32.2. The molecule has 11 heteroatoms. The van der Waals surface area contributed by atoms with Crippen LogP contribution in [0.1, 0.15) is 38.7 Å². The van der Waals surface area contributed by atoms with Gasteiger partial charge in [0, 0.05) is 13.1 Å². The first-order valence-corrected chi connectivity index (χ1v) is 15.2. The lowest BCUT2D eigenvalue weighted by molar-refractivity contribution is -0.140. The molecule has 0 aliphatic heterocycles. The van der Waals surface area contributed by atoms with Gasteiger partial charge in [-0.15, -0.1) is 0 Å². The van der Waals surface area contributed by atoms with E-state index in [9.17, 15) is 22.4 Å². The summed E-state index contributed by atoms with van der Waals surface area (Å²) in [5.41, 5.74) is 0.802. The zero-order valence-corrected chi connectivity index (χ0v) is 25.2. The number of hydrogen-bond acceptors (Lipinski definition) is 6. The summed E-state index contributed by atoms with van der Waals surface area (Å²) in [5.74, 6) is -0.440. The Morgan fingerprint density at radius 3 is 2.19 bits per heavy atom. The summed E-state index contributed by atoms with van der Waals surface area (Å²) in [5, 5.41) is 2.89. The second-order valence-corrected chi connectivity index (χ2v) is 11.5. The van der Waals surface area contributed by atoms with Crippen molar-refractivity contribution < 1.29 is 31.9 Å². The van der Waals surface area contributed by atoms with Gasteiger partial charge in [-0.1, -0.05) is 32.4 Å². The lowest BCUT2D eigenvalue weighted by Gasteiger charge is -2.33. The SMILES string of the molecule is CCCCNC(=O)[C@@H](CC)N(Cc1cccc(OC)c1)C(=O)CN(c1ccc(F)cc1)S(=O)(=O)c1ccc(OC)cc1. The summed E-state index contributed by atoms with van der Waals surface area (Å²) in [7, 11) is -1.29. The number of ether oxygens (including phenoxy) is 2. The highest BCUT2D eigenvalue weighted by Gasteiger charge is 2.33. The van der Waals surface area contributed by atoms with E-state index in [0.717, 1.165) is 29.3 Å². The van der Waals surface area contributed by atoms with Gasteiger partial charge in [0.1, 0.15) is 29.9 Å². The third kappa shape index (κ3) is 8.22. The van der Waals surface area contributed by atoms with Crippen molar-refractivity contribution in [2.75, 3.05) is 31.6 Å². The van der Waals surface area contributed by atoms with Crippen LogP contribution in [0.15, 0.2) is 77.7 Å². The summed E-state index contributed by atoms with van der Waals surface area (Å²) < 4.78 is 53.0. The van der Waals surface area contributed by atoms with Crippen molar-refractivity contribution in [2.24, 2.45) is 0 Å². The minimum Gasteiger partial charge on any atom is -0.497 e. The number of nitrogens with one attached hydrogen (secondary N) is 1. The minimum absolute atomic E-state index is 0.0373. The molecular weight excluding hydrogens is 561 g/mol. The fourth-order valence-electron chi connectivity index (χ4n) is 4.40. The van der Waals surface area contributed by atoms with Gasteiger partial charge in [0.05, 0.1) is 24.8 Å². The molecule has 2 amide bonds. The van der Waals surface area contributed by atoms with Gasteiger partial charge in [-0.05, 0) is 79.1 Å². The molecule has 0 aliphatic rings. The Hall–Kier alpha value is -4.12. The molecule has 0 fully saturated rings. The maximum atomic E-state index is 14.1. The quantitative estimate of drug-likeness (QED) is 0.253. The monoisotopic (exact) mass is 599 g/mol. The second-order valence-electron chi connectivity index (χ2n) is 9.61. The van der Waals surface area contributed by atoms with Gasteiger partial charge in [0.15, 0.2) is 0 Å². The Morgan fingerprint density at radius 1 is 0.929 bits per heavy atom. The lowest BCUT2D eigenvalue weighted by Crippen LogP contribution is -2.52. The molecule has 0 aliphatic carbocycles. The van der Waals surface area contributed by atoms with Crippen LogP contribution in [0.2, 0.25) is 0 Å². The van der Waals surface area contributed by atoms with Crippen LogP contribution in [0.3, 0.4) is 0 Å². The molecule has 1 atom stereocenters. The molecule has 3 rings (SSSR count). The largest absolute Gasteiger partial charge is 0.497 e. The van der Waals surface area contributed by atoms with Gasteiger partial charge in [0.25, 0.3) is 10.0 Å².